The summed E-state index contributed by atoms with van der Waals surface area (Å²) in [5.41, 5.74) is 2.50. The molecule has 7 heteroatoms. The van der Waals surface area contributed by atoms with Crippen LogP contribution in [0.3, 0.4) is 0 Å². The highest BCUT2D eigenvalue weighted by atomic mass is 19.4. The van der Waals surface area contributed by atoms with E-state index in [1.54, 1.807) is 0 Å². The lowest BCUT2D eigenvalue weighted by atomic mass is 10.0. The van der Waals surface area contributed by atoms with Crippen molar-refractivity contribution in [2.45, 2.75) is 13.1 Å². The minimum atomic E-state index is -4.85. The van der Waals surface area contributed by atoms with Crippen molar-refractivity contribution >= 4 is 11.7 Å². The Morgan fingerprint density at radius 1 is 1.44 bits per heavy atom. The number of halogens is 3. The number of phenolic OH excluding ortho intramolecular Hbond substituents is 1. The van der Waals surface area contributed by atoms with Gasteiger partial charge in [0, 0.05) is 0 Å². The zero-order valence-corrected chi connectivity index (χ0v) is 8.09. The van der Waals surface area contributed by atoms with Crippen LogP contribution in [0.5, 0.6) is 5.75 Å². The van der Waals surface area contributed by atoms with Crippen LogP contribution in [-0.4, -0.2) is 16.2 Å². The summed E-state index contributed by atoms with van der Waals surface area (Å²) in [6.45, 7) is 1.22. The first-order valence-corrected chi connectivity index (χ1v) is 4.08. The van der Waals surface area contributed by atoms with Crippen molar-refractivity contribution in [1.82, 2.24) is 0 Å². The van der Waals surface area contributed by atoms with Crippen LogP contribution in [0.25, 0.3) is 0 Å². The fourth-order valence-electron chi connectivity index (χ4n) is 1.23. The Balaban J connectivity index is 3.61. The van der Waals surface area contributed by atoms with Crippen LogP contribution in [0.1, 0.15) is 21.5 Å². The Kier molecular flexibility index (Phi) is 2.72. The van der Waals surface area contributed by atoms with Crippen LogP contribution < -0.4 is 5.73 Å². The molecule has 0 aromatic heterocycles. The Morgan fingerprint density at radius 3 is 2.31 bits per heavy atom. The maximum atomic E-state index is 12.4. The average molecular weight is 235 g/mol. The van der Waals surface area contributed by atoms with E-state index in [1.807, 2.05) is 0 Å². The summed E-state index contributed by atoms with van der Waals surface area (Å²) < 4.78 is 37.2. The number of nitrogen functional groups attached to an aromatic ring is 1. The summed E-state index contributed by atoms with van der Waals surface area (Å²) in [6, 6.07) is 0.364. The third-order valence-electron chi connectivity index (χ3n) is 2.14. The molecule has 0 amide bonds. The van der Waals surface area contributed by atoms with Crippen LogP contribution in [0, 0.1) is 6.92 Å². The van der Waals surface area contributed by atoms with Gasteiger partial charge in [-0.3, -0.25) is 0 Å². The van der Waals surface area contributed by atoms with Crippen LogP contribution in [0.4, 0.5) is 18.9 Å². The molecule has 0 unspecified atom stereocenters. The van der Waals surface area contributed by atoms with E-state index in [4.69, 9.17) is 10.8 Å². The third-order valence-corrected chi connectivity index (χ3v) is 2.14. The van der Waals surface area contributed by atoms with Crippen LogP contribution in [-0.2, 0) is 6.18 Å². The van der Waals surface area contributed by atoms with Crippen LogP contribution in [0.15, 0.2) is 6.07 Å². The molecule has 1 rings (SSSR count). The second-order valence-corrected chi connectivity index (χ2v) is 3.16. The van der Waals surface area contributed by atoms with Gasteiger partial charge < -0.3 is 15.9 Å². The smallest absolute Gasteiger partial charge is 0.420 e. The molecule has 0 saturated carbocycles. The Labute approximate surface area is 88.1 Å². The molecule has 0 heterocycles. The van der Waals surface area contributed by atoms with Crippen molar-refractivity contribution in [1.29, 1.82) is 0 Å². The largest absolute Gasteiger partial charge is 0.505 e. The van der Waals surface area contributed by atoms with Gasteiger partial charge in [-0.1, -0.05) is 0 Å². The lowest BCUT2D eigenvalue weighted by Gasteiger charge is -2.14. The van der Waals surface area contributed by atoms with Crippen molar-refractivity contribution in [3.05, 3.63) is 22.8 Å². The Hall–Kier alpha value is -1.92. The SMILES string of the molecule is Cc1c(C(=O)O)cc(C(F)(F)F)c(O)c1N. The molecule has 88 valence electrons. The van der Waals surface area contributed by atoms with Crippen molar-refractivity contribution < 1.29 is 28.2 Å². The highest BCUT2D eigenvalue weighted by Gasteiger charge is 2.36. The molecule has 0 atom stereocenters. The molecule has 4 nitrogen and oxygen atoms in total. The quantitative estimate of drug-likeness (QED) is 0.513. The van der Waals surface area contributed by atoms with E-state index in [0.29, 0.717) is 6.07 Å². The molecule has 4 N–H and O–H groups in total. The lowest BCUT2D eigenvalue weighted by molar-refractivity contribution is -0.138. The molecule has 0 fully saturated rings. The van der Waals surface area contributed by atoms with Crippen molar-refractivity contribution in [2.24, 2.45) is 0 Å². The normalized spacial score (nSPS) is 11.5. The molecular formula is C9H8F3NO3. The van der Waals surface area contributed by atoms with Gasteiger partial charge in [-0.2, -0.15) is 13.2 Å². The molecule has 16 heavy (non-hydrogen) atoms. The van der Waals surface area contributed by atoms with Crippen molar-refractivity contribution in [3.63, 3.8) is 0 Å². The molecule has 0 bridgehead atoms. The van der Waals surface area contributed by atoms with E-state index < -0.39 is 34.7 Å². The first kappa shape index (κ1) is 12.2. The fraction of sp³-hybridized carbons (Fsp3) is 0.222. The average Bonchev–Trinajstić information content (AvgIpc) is 2.11. The summed E-state index contributed by atoms with van der Waals surface area (Å²) >= 11 is 0. The molecule has 0 aliphatic heterocycles. The molecular weight excluding hydrogens is 227 g/mol. The van der Waals surface area contributed by atoms with E-state index in [2.05, 4.69) is 0 Å². The highest BCUT2D eigenvalue weighted by molar-refractivity contribution is 5.92. The van der Waals surface area contributed by atoms with Gasteiger partial charge in [-0.05, 0) is 18.6 Å². The van der Waals surface area contributed by atoms with Crippen molar-refractivity contribution in [2.75, 3.05) is 5.73 Å². The summed E-state index contributed by atoms with van der Waals surface area (Å²) in [5.74, 6) is -2.68. The standard InChI is InChI=1S/C9H8F3NO3/c1-3-4(8(15)16)2-5(9(10,11)12)7(14)6(3)13/h2,14H,13H2,1H3,(H,15,16). The number of hydrogen-bond donors (Lipinski definition) is 3. The number of alkyl halides is 3. The minimum absolute atomic E-state index is 0.0991. The molecule has 1 aromatic carbocycles. The molecule has 0 aliphatic rings. The maximum absolute atomic E-state index is 12.4. The van der Waals surface area contributed by atoms with Gasteiger partial charge in [0.05, 0.1) is 11.3 Å². The molecule has 0 radical (unpaired) electrons. The van der Waals surface area contributed by atoms with Crippen LogP contribution in [0.2, 0.25) is 0 Å². The highest BCUT2D eigenvalue weighted by Crippen LogP contribution is 2.41. The van der Waals surface area contributed by atoms with Crippen molar-refractivity contribution in [3.8, 4) is 5.75 Å². The minimum Gasteiger partial charge on any atom is -0.505 e. The second kappa shape index (κ2) is 3.58. The van der Waals surface area contributed by atoms with Gasteiger partial charge >= 0.3 is 12.1 Å². The third kappa shape index (κ3) is 1.88. The summed E-state index contributed by atoms with van der Waals surface area (Å²) in [7, 11) is 0. The molecule has 0 aliphatic carbocycles. The fourth-order valence-corrected chi connectivity index (χ4v) is 1.23. The predicted octanol–water partition coefficient (Wildman–Crippen LogP) is 2.00. The first-order valence-electron chi connectivity index (χ1n) is 4.08. The number of anilines is 1. The monoisotopic (exact) mass is 235 g/mol. The van der Waals surface area contributed by atoms with Gasteiger partial charge in [0.15, 0.2) is 5.75 Å². The zero-order valence-electron chi connectivity index (χ0n) is 8.09. The second-order valence-electron chi connectivity index (χ2n) is 3.16. The van der Waals surface area contributed by atoms with Gasteiger partial charge in [-0.15, -0.1) is 0 Å². The number of aromatic carboxylic acids is 1. The Bertz CT molecular complexity index is 454. The van der Waals surface area contributed by atoms with Crippen LogP contribution >= 0.6 is 0 Å². The first-order chi connectivity index (χ1) is 7.16. The van der Waals surface area contributed by atoms with E-state index in [0.717, 1.165) is 0 Å². The zero-order chi connectivity index (χ0) is 12.7. The van der Waals surface area contributed by atoms with E-state index in [1.165, 1.54) is 6.92 Å². The number of aromatic hydroxyl groups is 1. The summed E-state index contributed by atoms with van der Waals surface area (Å²) in [4.78, 5) is 10.7. The number of carboxylic acid groups (broad SMARTS) is 1. The number of rotatable bonds is 1. The number of carbonyl (C=O) groups is 1. The maximum Gasteiger partial charge on any atom is 0.420 e. The molecule has 0 spiro atoms. The lowest BCUT2D eigenvalue weighted by Crippen LogP contribution is -2.11. The van der Waals surface area contributed by atoms with E-state index in [-0.39, 0.29) is 5.56 Å². The van der Waals surface area contributed by atoms with Gasteiger partial charge in [-0.25, -0.2) is 4.79 Å². The summed E-state index contributed by atoms with van der Waals surface area (Å²) in [5, 5.41) is 17.8. The summed E-state index contributed by atoms with van der Waals surface area (Å²) in [6.07, 6.45) is -4.85. The molecule has 1 aromatic rings. The van der Waals surface area contributed by atoms with E-state index in [9.17, 15) is 23.1 Å². The number of nitrogens with two attached hydrogens (primary N) is 1. The Morgan fingerprint density at radius 2 is 1.94 bits per heavy atom. The number of phenols is 1. The topological polar surface area (TPSA) is 83.5 Å². The number of carboxylic acids is 1. The van der Waals surface area contributed by atoms with Gasteiger partial charge in [0.2, 0.25) is 0 Å². The predicted molar refractivity (Wildman–Crippen MR) is 49.2 cm³/mol. The van der Waals surface area contributed by atoms with Gasteiger partial charge in [0.25, 0.3) is 0 Å². The number of hydrogen-bond acceptors (Lipinski definition) is 3. The van der Waals surface area contributed by atoms with Gasteiger partial charge in [0.1, 0.15) is 5.56 Å². The number of benzene rings is 1. The molecule has 0 saturated heterocycles. The van der Waals surface area contributed by atoms with E-state index >= 15 is 0 Å².